The summed E-state index contributed by atoms with van der Waals surface area (Å²) < 4.78 is 14.0. The van der Waals surface area contributed by atoms with Gasteiger partial charge in [0.25, 0.3) is 0 Å². The number of carbonyl (C=O) groups excluding carboxylic acids is 1. The van der Waals surface area contributed by atoms with Gasteiger partial charge in [0.15, 0.2) is 0 Å². The van der Waals surface area contributed by atoms with E-state index in [4.69, 9.17) is 21.7 Å². The molecule has 1 aliphatic heterocycles. The molecule has 21 heavy (non-hydrogen) atoms. The van der Waals surface area contributed by atoms with Gasteiger partial charge in [-0.05, 0) is 6.92 Å². The van der Waals surface area contributed by atoms with Crippen LogP contribution in [0.2, 0.25) is 0 Å². The molecule has 0 bridgehead atoms. The summed E-state index contributed by atoms with van der Waals surface area (Å²) in [6.45, 7) is 2.82. The lowest BCUT2D eigenvalue weighted by Gasteiger charge is -2.16. The van der Waals surface area contributed by atoms with Crippen LogP contribution in [0, 0.1) is 11.6 Å². The molecule has 2 heterocycles. The molecule has 0 aliphatic carbocycles. The summed E-state index contributed by atoms with van der Waals surface area (Å²) >= 11 is 5.14. The molecule has 8 heteroatoms. The first kappa shape index (κ1) is 15.9. The van der Waals surface area contributed by atoms with Crippen LogP contribution in [0.1, 0.15) is 25.1 Å². The third-order valence-corrected chi connectivity index (χ3v) is 4.07. The van der Waals surface area contributed by atoms with Gasteiger partial charge in [0.1, 0.15) is 23.1 Å². The maximum atomic E-state index is 12.3. The average Bonchev–Trinajstić information content (AvgIpc) is 2.82. The lowest BCUT2D eigenvalue weighted by atomic mass is 10.2. The van der Waals surface area contributed by atoms with E-state index >= 15 is 0 Å². The Morgan fingerprint density at radius 3 is 2.86 bits per heavy atom. The Labute approximate surface area is 126 Å². The molecular formula is C13H18N2O5S. The zero-order valence-electron chi connectivity index (χ0n) is 12.1. The van der Waals surface area contributed by atoms with Crippen molar-refractivity contribution in [1.29, 1.82) is 0 Å². The highest BCUT2D eigenvalue weighted by molar-refractivity contribution is 7.71. The second kappa shape index (κ2) is 6.08. The van der Waals surface area contributed by atoms with Crippen LogP contribution in [-0.2, 0) is 21.3 Å². The topological polar surface area (TPSA) is 82.7 Å². The average molecular weight is 314 g/mol. The summed E-state index contributed by atoms with van der Waals surface area (Å²) in [6, 6.07) is 0. The van der Waals surface area contributed by atoms with E-state index in [1.165, 1.54) is 16.1 Å². The van der Waals surface area contributed by atoms with Crippen molar-refractivity contribution in [3.05, 3.63) is 26.9 Å². The van der Waals surface area contributed by atoms with Crippen molar-refractivity contribution >= 4 is 18.2 Å². The number of hydrogen-bond donors (Lipinski definition) is 1. The number of hydrogen-bond acceptors (Lipinski definition) is 6. The molecule has 1 aromatic heterocycles. The molecule has 0 amide bonds. The van der Waals surface area contributed by atoms with Gasteiger partial charge < -0.3 is 14.6 Å². The zero-order chi connectivity index (χ0) is 15.7. The fraction of sp³-hybridized carbons (Fsp3) is 0.615. The second-order valence-electron chi connectivity index (χ2n) is 5.06. The van der Waals surface area contributed by atoms with Gasteiger partial charge in [0.2, 0.25) is 0 Å². The monoisotopic (exact) mass is 314 g/mol. The minimum atomic E-state index is -0.639. The lowest BCUT2D eigenvalue weighted by Crippen LogP contribution is -2.33. The molecule has 1 saturated heterocycles. The number of esters is 1. The smallest absolute Gasteiger partial charge is 0.331 e. The van der Waals surface area contributed by atoms with E-state index in [-0.39, 0.29) is 12.3 Å². The first-order valence-corrected chi connectivity index (χ1v) is 6.98. The molecule has 7 nitrogen and oxygen atoms in total. The number of ether oxygens (including phenoxy) is 2. The Balaban J connectivity index is 2.34. The van der Waals surface area contributed by atoms with Crippen molar-refractivity contribution in [1.82, 2.24) is 9.13 Å². The Bertz CT molecular complexity index is 666. The summed E-state index contributed by atoms with van der Waals surface area (Å²) in [5.41, 5.74) is 0.461. The Hall–Kier alpha value is -1.51. The normalized spacial score (nSPS) is 25.0. The van der Waals surface area contributed by atoms with Gasteiger partial charge in [-0.15, -0.1) is 0 Å². The molecule has 1 fully saturated rings. The van der Waals surface area contributed by atoms with Gasteiger partial charge in [-0.2, -0.15) is 0 Å². The van der Waals surface area contributed by atoms with Crippen molar-refractivity contribution in [2.75, 3.05) is 6.61 Å². The van der Waals surface area contributed by atoms with E-state index in [9.17, 15) is 14.7 Å². The quantitative estimate of drug-likeness (QED) is 0.644. The Morgan fingerprint density at radius 1 is 1.62 bits per heavy atom. The molecule has 3 atom stereocenters. The van der Waals surface area contributed by atoms with Crippen molar-refractivity contribution < 1.29 is 19.4 Å². The summed E-state index contributed by atoms with van der Waals surface area (Å²) in [6.07, 6.45) is 0.123. The minimum absolute atomic E-state index is 0.284. The van der Waals surface area contributed by atoms with Crippen LogP contribution < -0.4 is 5.69 Å². The molecular weight excluding hydrogens is 296 g/mol. The van der Waals surface area contributed by atoms with Crippen LogP contribution in [0.5, 0.6) is 0 Å². The van der Waals surface area contributed by atoms with Gasteiger partial charge in [-0.3, -0.25) is 13.9 Å². The van der Waals surface area contributed by atoms with Crippen LogP contribution in [-0.4, -0.2) is 39.0 Å². The third-order valence-electron chi connectivity index (χ3n) is 3.47. The number of nitrogens with zero attached hydrogens (tertiary/aromatic N) is 2. The molecule has 1 N–H and O–H groups in total. The summed E-state index contributed by atoms with van der Waals surface area (Å²) in [7, 11) is 1.59. The molecule has 0 spiro atoms. The van der Waals surface area contributed by atoms with E-state index in [2.05, 4.69) is 0 Å². The SMILES string of the molecule is CC(=O)O[C@H]1C[C@H](n2cc(C)c(=S)n(C)c2=O)O[C@@H]1CO. The molecule has 0 radical (unpaired) electrons. The molecule has 0 aromatic carbocycles. The van der Waals surface area contributed by atoms with Crippen molar-refractivity contribution in [3.63, 3.8) is 0 Å². The van der Waals surface area contributed by atoms with Gasteiger partial charge in [-0.25, -0.2) is 4.79 Å². The van der Waals surface area contributed by atoms with Crippen molar-refractivity contribution in [2.24, 2.45) is 7.05 Å². The summed E-state index contributed by atoms with van der Waals surface area (Å²) in [4.78, 5) is 23.3. The van der Waals surface area contributed by atoms with Crippen LogP contribution in [0.3, 0.4) is 0 Å². The number of aryl methyl sites for hydroxylation is 1. The maximum absolute atomic E-state index is 12.3. The van der Waals surface area contributed by atoms with E-state index in [1.54, 1.807) is 20.2 Å². The number of aliphatic hydroxyl groups excluding tert-OH is 1. The van der Waals surface area contributed by atoms with Gasteiger partial charge in [0, 0.05) is 32.2 Å². The van der Waals surface area contributed by atoms with E-state index in [0.29, 0.717) is 11.1 Å². The summed E-state index contributed by atoms with van der Waals surface area (Å²) in [5.74, 6) is -0.447. The fourth-order valence-corrected chi connectivity index (χ4v) is 2.55. The Kier molecular flexibility index (Phi) is 4.60. The van der Waals surface area contributed by atoms with Crippen molar-refractivity contribution in [3.8, 4) is 0 Å². The van der Waals surface area contributed by atoms with Crippen LogP contribution in [0.25, 0.3) is 0 Å². The lowest BCUT2D eigenvalue weighted by molar-refractivity contribution is -0.150. The van der Waals surface area contributed by atoms with Gasteiger partial charge >= 0.3 is 11.7 Å². The Morgan fingerprint density at radius 2 is 2.29 bits per heavy atom. The number of aromatic nitrogens is 2. The van der Waals surface area contributed by atoms with Crippen LogP contribution in [0.15, 0.2) is 11.0 Å². The second-order valence-corrected chi connectivity index (χ2v) is 5.45. The van der Waals surface area contributed by atoms with E-state index in [1.807, 2.05) is 0 Å². The minimum Gasteiger partial charge on any atom is -0.460 e. The molecule has 0 saturated carbocycles. The maximum Gasteiger partial charge on any atom is 0.331 e. The predicted molar refractivity (Wildman–Crippen MR) is 76.4 cm³/mol. The highest BCUT2D eigenvalue weighted by Gasteiger charge is 2.38. The summed E-state index contributed by atoms with van der Waals surface area (Å²) in [5, 5.41) is 9.31. The molecule has 1 aliphatic rings. The third kappa shape index (κ3) is 3.07. The van der Waals surface area contributed by atoms with Crippen molar-refractivity contribution in [2.45, 2.75) is 38.7 Å². The first-order valence-electron chi connectivity index (χ1n) is 6.57. The standard InChI is InChI=1S/C13H18N2O5S/c1-7-5-15(13(18)14(3)12(7)21)11-4-9(19-8(2)17)10(6-16)20-11/h5,9-11,16H,4,6H2,1-3H3/t9-,10+,11+/m0/s1. The highest BCUT2D eigenvalue weighted by atomic mass is 32.1. The molecule has 116 valence electrons. The fourth-order valence-electron chi connectivity index (χ4n) is 2.42. The van der Waals surface area contributed by atoms with Gasteiger partial charge in [0.05, 0.1) is 6.61 Å². The van der Waals surface area contributed by atoms with Crippen LogP contribution in [0.4, 0.5) is 0 Å². The highest BCUT2D eigenvalue weighted by Crippen LogP contribution is 2.30. The van der Waals surface area contributed by atoms with Crippen LogP contribution >= 0.6 is 12.2 Å². The zero-order valence-corrected chi connectivity index (χ0v) is 12.9. The largest absolute Gasteiger partial charge is 0.460 e. The van der Waals surface area contributed by atoms with Gasteiger partial charge in [-0.1, -0.05) is 12.2 Å². The predicted octanol–water partition coefficient (Wildman–Crippen LogP) is 0.436. The van der Waals surface area contributed by atoms with E-state index < -0.39 is 24.4 Å². The first-order chi connectivity index (χ1) is 9.85. The van der Waals surface area contributed by atoms with E-state index in [0.717, 1.165) is 5.56 Å². The number of carbonyl (C=O) groups is 1. The molecule has 0 unspecified atom stereocenters. The molecule has 2 rings (SSSR count). The number of rotatable bonds is 3. The number of aliphatic hydroxyl groups is 1. The molecule has 1 aromatic rings.